The molecule has 2 heterocycles. The highest BCUT2D eigenvalue weighted by Crippen LogP contribution is 2.51. The molecule has 0 spiro atoms. The van der Waals surface area contributed by atoms with Gasteiger partial charge in [-0.15, -0.1) is 0 Å². The number of nitrogens with zero attached hydrogens (tertiary/aromatic N) is 1. The van der Waals surface area contributed by atoms with Gasteiger partial charge in [0.2, 0.25) is 11.8 Å². The minimum atomic E-state index is -1.14. The van der Waals surface area contributed by atoms with Gasteiger partial charge in [0.25, 0.3) is 0 Å². The molecule has 0 unspecified atom stereocenters. The molecule has 10 heteroatoms. The fourth-order valence-electron chi connectivity index (χ4n) is 5.32. The minimum absolute atomic E-state index is 0.0546. The van der Waals surface area contributed by atoms with Crippen molar-refractivity contribution in [1.82, 2.24) is 10.2 Å². The molecule has 198 valence electrons. The van der Waals surface area contributed by atoms with Gasteiger partial charge < -0.3 is 39.7 Å². The highest BCUT2D eigenvalue weighted by atomic mass is 16.5. The molecule has 36 heavy (non-hydrogen) atoms. The lowest BCUT2D eigenvalue weighted by atomic mass is 9.77. The van der Waals surface area contributed by atoms with E-state index in [0.29, 0.717) is 41.4 Å². The van der Waals surface area contributed by atoms with Crippen LogP contribution in [0.2, 0.25) is 0 Å². The number of methoxy groups -OCH3 is 1. The average molecular weight is 505 g/mol. The SMILES string of the molecule is COc1cc(CO)cc2c1O[C@@H]1[C@@H](O)[C@H](N(C[C@H]3CCCO3)C(=O)C(C)C)C=C(C(=O)NCCO)[C@H]21. The summed E-state index contributed by atoms with van der Waals surface area (Å²) in [7, 11) is 1.48. The summed E-state index contributed by atoms with van der Waals surface area (Å²) in [4.78, 5) is 28.2. The van der Waals surface area contributed by atoms with Crippen molar-refractivity contribution in [2.75, 3.05) is 33.4 Å². The molecule has 1 fully saturated rings. The predicted octanol–water partition coefficient (Wildman–Crippen LogP) is 0.474. The van der Waals surface area contributed by atoms with E-state index in [1.165, 1.54) is 7.11 Å². The largest absolute Gasteiger partial charge is 0.493 e. The van der Waals surface area contributed by atoms with Crippen LogP contribution in [0.25, 0.3) is 0 Å². The molecule has 2 aliphatic heterocycles. The molecule has 1 aromatic rings. The van der Waals surface area contributed by atoms with E-state index in [1.807, 2.05) is 0 Å². The van der Waals surface area contributed by atoms with Crippen molar-refractivity contribution in [3.05, 3.63) is 34.9 Å². The summed E-state index contributed by atoms with van der Waals surface area (Å²) in [6, 6.07) is 2.57. The van der Waals surface area contributed by atoms with Gasteiger partial charge in [-0.3, -0.25) is 9.59 Å². The third kappa shape index (κ3) is 4.95. The molecular formula is C26H36N2O8. The Kier molecular flexibility index (Phi) is 8.19. The predicted molar refractivity (Wildman–Crippen MR) is 130 cm³/mol. The molecule has 4 rings (SSSR count). The quantitative estimate of drug-likeness (QED) is 0.381. The Hall–Kier alpha value is -2.66. The van der Waals surface area contributed by atoms with Crippen LogP contribution in [-0.4, -0.2) is 89.8 Å². The Morgan fingerprint density at radius 3 is 2.67 bits per heavy atom. The highest BCUT2D eigenvalue weighted by Gasteiger charge is 2.51. The van der Waals surface area contributed by atoms with Crippen molar-refractivity contribution in [3.63, 3.8) is 0 Å². The van der Waals surface area contributed by atoms with Gasteiger partial charge in [-0.25, -0.2) is 0 Å². The zero-order chi connectivity index (χ0) is 26.0. The van der Waals surface area contributed by atoms with Gasteiger partial charge in [-0.2, -0.15) is 0 Å². The van der Waals surface area contributed by atoms with E-state index in [0.717, 1.165) is 12.8 Å². The summed E-state index contributed by atoms with van der Waals surface area (Å²) in [6.45, 7) is 4.10. The number of rotatable bonds is 9. The molecule has 2 amide bonds. The van der Waals surface area contributed by atoms with E-state index in [2.05, 4.69) is 5.32 Å². The lowest BCUT2D eigenvalue weighted by molar-refractivity contribution is -0.142. The number of carbonyl (C=O) groups is 2. The first-order chi connectivity index (χ1) is 17.3. The van der Waals surface area contributed by atoms with Crippen LogP contribution in [0.3, 0.4) is 0 Å². The van der Waals surface area contributed by atoms with E-state index in [4.69, 9.17) is 14.2 Å². The molecule has 0 bridgehead atoms. The summed E-state index contributed by atoms with van der Waals surface area (Å²) in [6.07, 6.45) is 1.22. The molecule has 1 aromatic carbocycles. The maximum Gasteiger partial charge on any atom is 0.247 e. The van der Waals surface area contributed by atoms with Crippen molar-refractivity contribution in [3.8, 4) is 11.5 Å². The number of fused-ring (bicyclic) bond motifs is 3. The number of hydrogen-bond donors (Lipinski definition) is 4. The fourth-order valence-corrected chi connectivity index (χ4v) is 5.32. The molecule has 10 nitrogen and oxygen atoms in total. The van der Waals surface area contributed by atoms with Crippen molar-refractivity contribution in [2.24, 2.45) is 5.92 Å². The average Bonchev–Trinajstić information content (AvgIpc) is 3.53. The van der Waals surface area contributed by atoms with E-state index in [1.54, 1.807) is 37.0 Å². The highest BCUT2D eigenvalue weighted by molar-refractivity contribution is 5.96. The fraction of sp³-hybridized carbons (Fsp3) is 0.615. The number of ether oxygens (including phenoxy) is 3. The third-order valence-electron chi connectivity index (χ3n) is 7.06. The Bertz CT molecular complexity index is 1000. The Labute approximate surface area is 210 Å². The molecular weight excluding hydrogens is 468 g/mol. The Balaban J connectivity index is 1.79. The number of hydrogen-bond acceptors (Lipinski definition) is 8. The normalized spacial score (nSPS) is 26.6. The van der Waals surface area contributed by atoms with Gasteiger partial charge in [0, 0.05) is 36.8 Å². The van der Waals surface area contributed by atoms with Crippen LogP contribution >= 0.6 is 0 Å². The van der Waals surface area contributed by atoms with Crippen LogP contribution in [0.5, 0.6) is 11.5 Å². The smallest absolute Gasteiger partial charge is 0.247 e. The summed E-state index contributed by atoms with van der Waals surface area (Å²) >= 11 is 0. The standard InChI is InChI=1S/C26H36N2O8/c1-14(2)26(33)28(12-16-5-4-8-35-16)19-11-18(25(32)27-6-7-29)21-17-9-15(13-30)10-20(34-3)23(17)36-24(21)22(19)31/h9-11,14,16,19,21-22,24,29-31H,4-8,12-13H2,1-3H3,(H,27,32)/t16-,19-,21+,22+,24+/m1/s1. The zero-order valence-corrected chi connectivity index (χ0v) is 21.0. The Morgan fingerprint density at radius 1 is 1.28 bits per heavy atom. The van der Waals surface area contributed by atoms with Crippen LogP contribution in [0, 0.1) is 5.92 Å². The van der Waals surface area contributed by atoms with Crippen LogP contribution in [0.4, 0.5) is 0 Å². The van der Waals surface area contributed by atoms with E-state index in [9.17, 15) is 24.9 Å². The lowest BCUT2D eigenvalue weighted by Crippen LogP contribution is -2.57. The number of carbonyl (C=O) groups excluding carboxylic acids is 2. The number of aliphatic hydroxyl groups excluding tert-OH is 3. The molecule has 1 saturated heterocycles. The number of nitrogens with one attached hydrogen (secondary N) is 1. The van der Waals surface area contributed by atoms with Crippen molar-refractivity contribution >= 4 is 11.8 Å². The van der Waals surface area contributed by atoms with Gasteiger partial charge in [-0.1, -0.05) is 13.8 Å². The van der Waals surface area contributed by atoms with Crippen LogP contribution in [-0.2, 0) is 20.9 Å². The second kappa shape index (κ2) is 11.2. The third-order valence-corrected chi connectivity index (χ3v) is 7.06. The summed E-state index contributed by atoms with van der Waals surface area (Å²) in [5.41, 5.74) is 1.53. The molecule has 1 aliphatic carbocycles. The van der Waals surface area contributed by atoms with E-state index in [-0.39, 0.29) is 37.7 Å². The van der Waals surface area contributed by atoms with Crippen LogP contribution in [0.15, 0.2) is 23.8 Å². The second-order valence-electron chi connectivity index (χ2n) is 9.80. The second-order valence-corrected chi connectivity index (χ2v) is 9.80. The van der Waals surface area contributed by atoms with Crippen LogP contribution in [0.1, 0.15) is 43.7 Å². The monoisotopic (exact) mass is 504 g/mol. The number of aliphatic hydroxyl groups is 3. The van der Waals surface area contributed by atoms with Gasteiger partial charge in [0.05, 0.1) is 38.4 Å². The molecule has 0 radical (unpaired) electrons. The van der Waals surface area contributed by atoms with Gasteiger partial charge in [-0.05, 0) is 36.6 Å². The van der Waals surface area contributed by atoms with Gasteiger partial charge in [0.15, 0.2) is 11.5 Å². The van der Waals surface area contributed by atoms with E-state index < -0.39 is 30.1 Å². The van der Waals surface area contributed by atoms with Crippen LogP contribution < -0.4 is 14.8 Å². The maximum atomic E-state index is 13.3. The molecule has 4 N–H and O–H groups in total. The number of benzene rings is 1. The lowest BCUT2D eigenvalue weighted by Gasteiger charge is -2.42. The molecule has 0 saturated carbocycles. The molecule has 0 aromatic heterocycles. The first kappa shape index (κ1) is 26.4. The summed E-state index contributed by atoms with van der Waals surface area (Å²) in [5.74, 6) is -0.773. The molecule has 5 atom stereocenters. The number of amides is 2. The van der Waals surface area contributed by atoms with Crippen molar-refractivity contribution in [2.45, 2.75) is 63.6 Å². The Morgan fingerprint density at radius 2 is 2.06 bits per heavy atom. The summed E-state index contributed by atoms with van der Waals surface area (Å²) in [5, 5.41) is 33.3. The maximum absolute atomic E-state index is 13.3. The van der Waals surface area contributed by atoms with Crippen molar-refractivity contribution < 1.29 is 39.1 Å². The zero-order valence-electron chi connectivity index (χ0n) is 21.0. The minimum Gasteiger partial charge on any atom is -0.493 e. The first-order valence-corrected chi connectivity index (χ1v) is 12.5. The van der Waals surface area contributed by atoms with Crippen molar-refractivity contribution in [1.29, 1.82) is 0 Å². The molecule has 3 aliphatic rings. The van der Waals surface area contributed by atoms with E-state index >= 15 is 0 Å². The van der Waals surface area contributed by atoms with Gasteiger partial charge in [0.1, 0.15) is 12.2 Å². The topological polar surface area (TPSA) is 138 Å². The van der Waals surface area contributed by atoms with Gasteiger partial charge >= 0.3 is 0 Å². The summed E-state index contributed by atoms with van der Waals surface area (Å²) < 4.78 is 17.5. The first-order valence-electron chi connectivity index (χ1n) is 12.5.